The van der Waals surface area contributed by atoms with Crippen molar-refractivity contribution in [3.05, 3.63) is 26.4 Å². The van der Waals surface area contributed by atoms with E-state index in [0.29, 0.717) is 5.69 Å². The molecule has 0 saturated carbocycles. The molecule has 0 aliphatic heterocycles. The fraction of sp³-hybridized carbons (Fsp3) is 0.375. The Balaban J connectivity index is 3.18. The van der Waals surface area contributed by atoms with Crippen molar-refractivity contribution in [3.8, 4) is 0 Å². The van der Waals surface area contributed by atoms with Gasteiger partial charge in [-0.1, -0.05) is 0 Å². The summed E-state index contributed by atoms with van der Waals surface area (Å²) < 4.78 is 1.77. The minimum absolute atomic E-state index is 0.104. The summed E-state index contributed by atoms with van der Waals surface area (Å²) in [4.78, 5) is 4.13. The number of halogens is 2. The number of hydrogen-bond donors (Lipinski definition) is 2. The highest BCUT2D eigenvalue weighted by molar-refractivity contribution is 9.11. The van der Waals surface area contributed by atoms with Crippen molar-refractivity contribution in [2.24, 2.45) is 5.73 Å². The molecule has 0 fully saturated rings. The van der Waals surface area contributed by atoms with Gasteiger partial charge in [0, 0.05) is 15.1 Å². The molecule has 5 heteroatoms. The van der Waals surface area contributed by atoms with Gasteiger partial charge in [0.1, 0.15) is 0 Å². The average Bonchev–Trinajstić information content (AvgIpc) is 2.13. The van der Waals surface area contributed by atoms with Crippen molar-refractivity contribution in [3.63, 3.8) is 0 Å². The monoisotopic (exact) mass is 308 g/mol. The van der Waals surface area contributed by atoms with E-state index < -0.39 is 6.04 Å². The van der Waals surface area contributed by atoms with Gasteiger partial charge in [-0.05, 0) is 44.3 Å². The molecule has 13 heavy (non-hydrogen) atoms. The number of rotatable bonds is 2. The summed E-state index contributed by atoms with van der Waals surface area (Å²) >= 11 is 6.74. The van der Waals surface area contributed by atoms with Gasteiger partial charge in [0.15, 0.2) is 0 Å². The zero-order chi connectivity index (χ0) is 10.0. The lowest BCUT2D eigenvalue weighted by Gasteiger charge is -2.12. The molecule has 0 radical (unpaired) electrons. The Hall–Kier alpha value is 0.0300. The third-order valence-corrected chi connectivity index (χ3v) is 3.58. The number of aliphatic hydroxyl groups excluding tert-OH is 1. The summed E-state index contributed by atoms with van der Waals surface area (Å²) in [5.41, 5.74) is 7.38. The van der Waals surface area contributed by atoms with Crippen LogP contribution in [-0.2, 0) is 0 Å². The van der Waals surface area contributed by atoms with E-state index in [1.807, 2.05) is 6.92 Å². The van der Waals surface area contributed by atoms with Gasteiger partial charge in [0.25, 0.3) is 0 Å². The Morgan fingerprint density at radius 1 is 1.62 bits per heavy atom. The molecule has 1 aromatic heterocycles. The quantitative estimate of drug-likeness (QED) is 0.877. The van der Waals surface area contributed by atoms with E-state index in [1.54, 1.807) is 6.20 Å². The van der Waals surface area contributed by atoms with Crippen LogP contribution in [0.5, 0.6) is 0 Å². The molecule has 0 aromatic carbocycles. The smallest absolute Gasteiger partial charge is 0.0739 e. The van der Waals surface area contributed by atoms with E-state index in [0.717, 1.165) is 14.5 Å². The molecule has 1 aromatic rings. The largest absolute Gasteiger partial charge is 0.394 e. The lowest BCUT2D eigenvalue weighted by Crippen LogP contribution is -2.17. The predicted octanol–water partition coefficient (Wildman–Crippen LogP) is 1.91. The van der Waals surface area contributed by atoms with Gasteiger partial charge in [0.2, 0.25) is 0 Å². The van der Waals surface area contributed by atoms with Crippen molar-refractivity contribution in [2.75, 3.05) is 6.61 Å². The lowest BCUT2D eigenvalue weighted by molar-refractivity contribution is 0.265. The SMILES string of the molecule is Cc1c(Br)cnc([C@@H](N)CO)c1Br. The molecule has 72 valence electrons. The normalized spacial score (nSPS) is 13.0. The Kier molecular flexibility index (Phi) is 3.85. The van der Waals surface area contributed by atoms with Gasteiger partial charge in [-0.3, -0.25) is 4.98 Å². The summed E-state index contributed by atoms with van der Waals surface area (Å²) in [6.07, 6.45) is 1.69. The Labute approximate surface area is 93.6 Å². The Morgan fingerprint density at radius 2 is 2.23 bits per heavy atom. The van der Waals surface area contributed by atoms with Crippen LogP contribution in [0.25, 0.3) is 0 Å². The number of pyridine rings is 1. The van der Waals surface area contributed by atoms with Crippen molar-refractivity contribution < 1.29 is 5.11 Å². The van der Waals surface area contributed by atoms with Crippen LogP contribution >= 0.6 is 31.9 Å². The molecule has 3 nitrogen and oxygen atoms in total. The van der Waals surface area contributed by atoms with Crippen LogP contribution in [0, 0.1) is 6.92 Å². The first-order valence-corrected chi connectivity index (χ1v) is 5.33. The molecule has 0 saturated heterocycles. The summed E-state index contributed by atoms with van der Waals surface area (Å²) in [7, 11) is 0. The molecule has 0 unspecified atom stereocenters. The highest BCUT2D eigenvalue weighted by Crippen LogP contribution is 2.28. The molecular weight excluding hydrogens is 300 g/mol. The summed E-state index contributed by atoms with van der Waals surface area (Å²) in [5.74, 6) is 0. The van der Waals surface area contributed by atoms with Crippen LogP contribution in [0.15, 0.2) is 15.1 Å². The Morgan fingerprint density at radius 3 is 2.77 bits per heavy atom. The first-order chi connectivity index (χ1) is 6.07. The number of aromatic nitrogens is 1. The van der Waals surface area contributed by atoms with Gasteiger partial charge < -0.3 is 10.8 Å². The predicted molar refractivity (Wildman–Crippen MR) is 58.4 cm³/mol. The highest BCUT2D eigenvalue weighted by atomic mass is 79.9. The molecule has 0 aliphatic carbocycles. The summed E-state index contributed by atoms with van der Waals surface area (Å²) in [5, 5.41) is 8.88. The zero-order valence-corrected chi connectivity index (χ0v) is 10.3. The number of aliphatic hydroxyl groups is 1. The van der Waals surface area contributed by atoms with E-state index >= 15 is 0 Å². The molecule has 0 aliphatic rings. The number of nitrogens with two attached hydrogens (primary N) is 1. The first kappa shape index (κ1) is 11.1. The summed E-state index contributed by atoms with van der Waals surface area (Å²) in [6, 6.07) is -0.429. The third kappa shape index (κ3) is 2.28. The van der Waals surface area contributed by atoms with Crippen LogP contribution in [-0.4, -0.2) is 16.7 Å². The van der Waals surface area contributed by atoms with E-state index in [1.165, 1.54) is 0 Å². The molecule has 0 amide bonds. The van der Waals surface area contributed by atoms with E-state index in [-0.39, 0.29) is 6.61 Å². The van der Waals surface area contributed by atoms with Crippen LogP contribution in [0.1, 0.15) is 17.3 Å². The maximum absolute atomic E-state index is 8.88. The average molecular weight is 310 g/mol. The van der Waals surface area contributed by atoms with Crippen molar-refractivity contribution in [1.29, 1.82) is 0 Å². The van der Waals surface area contributed by atoms with Crippen LogP contribution in [0.2, 0.25) is 0 Å². The summed E-state index contributed by atoms with van der Waals surface area (Å²) in [6.45, 7) is 1.84. The second-order valence-electron chi connectivity index (χ2n) is 2.72. The standard InChI is InChI=1S/C8H10Br2N2O/c1-4-5(9)2-12-8(7(4)10)6(11)3-13/h2,6,13H,3,11H2,1H3/t6-/m0/s1. The molecule has 3 N–H and O–H groups in total. The minimum Gasteiger partial charge on any atom is -0.394 e. The molecule has 0 spiro atoms. The third-order valence-electron chi connectivity index (χ3n) is 1.78. The highest BCUT2D eigenvalue weighted by Gasteiger charge is 2.13. The van der Waals surface area contributed by atoms with Crippen LogP contribution < -0.4 is 5.73 Å². The fourth-order valence-electron chi connectivity index (χ4n) is 0.922. The van der Waals surface area contributed by atoms with Gasteiger partial charge in [-0.2, -0.15) is 0 Å². The molecule has 0 bridgehead atoms. The van der Waals surface area contributed by atoms with Gasteiger partial charge in [-0.15, -0.1) is 0 Å². The molecular formula is C8H10Br2N2O. The lowest BCUT2D eigenvalue weighted by atomic mass is 10.1. The zero-order valence-electron chi connectivity index (χ0n) is 7.09. The van der Waals surface area contributed by atoms with E-state index in [4.69, 9.17) is 10.8 Å². The number of nitrogens with zero attached hydrogens (tertiary/aromatic N) is 1. The maximum Gasteiger partial charge on any atom is 0.0739 e. The second-order valence-corrected chi connectivity index (χ2v) is 4.37. The molecule has 1 rings (SSSR count). The maximum atomic E-state index is 8.88. The van der Waals surface area contributed by atoms with Crippen molar-refractivity contribution in [1.82, 2.24) is 4.98 Å². The van der Waals surface area contributed by atoms with Gasteiger partial charge in [0.05, 0.1) is 18.3 Å². The second kappa shape index (κ2) is 4.50. The van der Waals surface area contributed by atoms with Crippen molar-refractivity contribution in [2.45, 2.75) is 13.0 Å². The van der Waals surface area contributed by atoms with Gasteiger partial charge in [-0.25, -0.2) is 0 Å². The van der Waals surface area contributed by atoms with Crippen LogP contribution in [0.3, 0.4) is 0 Å². The van der Waals surface area contributed by atoms with Gasteiger partial charge >= 0.3 is 0 Å². The molecule has 1 atom stereocenters. The topological polar surface area (TPSA) is 59.1 Å². The van der Waals surface area contributed by atoms with Crippen molar-refractivity contribution >= 4 is 31.9 Å². The van der Waals surface area contributed by atoms with E-state index in [2.05, 4.69) is 36.8 Å². The van der Waals surface area contributed by atoms with Crippen LogP contribution in [0.4, 0.5) is 0 Å². The molecule has 1 heterocycles. The fourth-order valence-corrected chi connectivity index (χ4v) is 2.10. The Bertz CT molecular complexity index is 317. The first-order valence-electron chi connectivity index (χ1n) is 3.74. The number of hydrogen-bond acceptors (Lipinski definition) is 3. The van der Waals surface area contributed by atoms with E-state index in [9.17, 15) is 0 Å². The minimum atomic E-state index is -0.429.